The standard InChI is InChI=1S/C22H26N4O/c1-5-26(18-11-9-10-16(3)14-18)22-15-21(23-17(4)24-22)25-19-12-7-8-13-20(19)27-6-2/h7-15H,5-6H2,1-4H3,(H,23,24,25). The van der Waals surface area contributed by atoms with Crippen molar-refractivity contribution in [1.82, 2.24) is 9.97 Å². The van der Waals surface area contributed by atoms with Crippen molar-refractivity contribution < 1.29 is 4.74 Å². The summed E-state index contributed by atoms with van der Waals surface area (Å²) in [6.07, 6.45) is 0. The molecular weight excluding hydrogens is 336 g/mol. The van der Waals surface area contributed by atoms with Gasteiger partial charge in [0.25, 0.3) is 0 Å². The van der Waals surface area contributed by atoms with Gasteiger partial charge in [-0.25, -0.2) is 9.97 Å². The first-order valence-corrected chi connectivity index (χ1v) is 9.29. The molecule has 0 amide bonds. The highest BCUT2D eigenvalue weighted by Crippen LogP contribution is 2.30. The van der Waals surface area contributed by atoms with Gasteiger partial charge in [0.05, 0.1) is 12.3 Å². The molecule has 1 aromatic heterocycles. The second-order valence-electron chi connectivity index (χ2n) is 6.30. The Morgan fingerprint density at radius 3 is 2.52 bits per heavy atom. The fraction of sp³-hybridized carbons (Fsp3) is 0.273. The summed E-state index contributed by atoms with van der Waals surface area (Å²) in [7, 11) is 0. The van der Waals surface area contributed by atoms with Crippen LogP contribution in [0.25, 0.3) is 0 Å². The highest BCUT2D eigenvalue weighted by Gasteiger charge is 2.12. The van der Waals surface area contributed by atoms with E-state index in [-0.39, 0.29) is 0 Å². The topological polar surface area (TPSA) is 50.3 Å². The van der Waals surface area contributed by atoms with E-state index in [4.69, 9.17) is 4.74 Å². The number of hydrogen-bond acceptors (Lipinski definition) is 5. The van der Waals surface area contributed by atoms with E-state index in [9.17, 15) is 0 Å². The molecule has 0 aliphatic heterocycles. The van der Waals surface area contributed by atoms with Gasteiger partial charge in [0, 0.05) is 18.3 Å². The molecule has 3 rings (SSSR count). The van der Waals surface area contributed by atoms with Crippen LogP contribution in [0.15, 0.2) is 54.6 Å². The Kier molecular flexibility index (Phi) is 5.91. The Bertz CT molecular complexity index is 910. The molecule has 5 nitrogen and oxygen atoms in total. The molecule has 0 aliphatic rings. The maximum absolute atomic E-state index is 5.70. The molecule has 2 aromatic carbocycles. The van der Waals surface area contributed by atoms with Crippen molar-refractivity contribution in [3.05, 3.63) is 66.0 Å². The molecule has 0 aliphatic carbocycles. The van der Waals surface area contributed by atoms with Gasteiger partial charge in [0.1, 0.15) is 23.2 Å². The summed E-state index contributed by atoms with van der Waals surface area (Å²) in [6.45, 7) is 9.54. The van der Waals surface area contributed by atoms with Gasteiger partial charge in [-0.2, -0.15) is 0 Å². The molecule has 0 bridgehead atoms. The summed E-state index contributed by atoms with van der Waals surface area (Å²) in [5.74, 6) is 3.14. The Morgan fingerprint density at radius 2 is 1.78 bits per heavy atom. The van der Waals surface area contributed by atoms with Gasteiger partial charge in [-0.15, -0.1) is 0 Å². The van der Waals surface area contributed by atoms with Gasteiger partial charge in [-0.05, 0) is 57.5 Å². The Balaban J connectivity index is 1.94. The zero-order chi connectivity index (χ0) is 19.2. The van der Waals surface area contributed by atoms with Gasteiger partial charge >= 0.3 is 0 Å². The summed E-state index contributed by atoms with van der Waals surface area (Å²) in [5.41, 5.74) is 3.24. The summed E-state index contributed by atoms with van der Waals surface area (Å²) in [5, 5.41) is 3.38. The van der Waals surface area contributed by atoms with E-state index in [0.717, 1.165) is 41.1 Å². The number of nitrogens with one attached hydrogen (secondary N) is 1. The number of aryl methyl sites for hydroxylation is 2. The van der Waals surface area contributed by atoms with Crippen LogP contribution in [0.1, 0.15) is 25.2 Å². The summed E-state index contributed by atoms with van der Waals surface area (Å²) in [6, 6.07) is 18.3. The first kappa shape index (κ1) is 18.7. The van der Waals surface area contributed by atoms with Crippen LogP contribution < -0.4 is 15.0 Å². The molecule has 0 unspecified atom stereocenters. The first-order chi connectivity index (χ1) is 13.1. The lowest BCUT2D eigenvalue weighted by atomic mass is 10.2. The summed E-state index contributed by atoms with van der Waals surface area (Å²) < 4.78 is 5.70. The second kappa shape index (κ2) is 8.54. The second-order valence-corrected chi connectivity index (χ2v) is 6.30. The average molecular weight is 362 g/mol. The number of rotatable bonds is 7. The predicted molar refractivity (Wildman–Crippen MR) is 112 cm³/mol. The van der Waals surface area contributed by atoms with Crippen molar-refractivity contribution in [2.45, 2.75) is 27.7 Å². The molecule has 0 radical (unpaired) electrons. The number of para-hydroxylation sites is 2. The van der Waals surface area contributed by atoms with E-state index >= 15 is 0 Å². The molecule has 27 heavy (non-hydrogen) atoms. The average Bonchev–Trinajstić information content (AvgIpc) is 2.64. The molecular formula is C22H26N4O. The normalized spacial score (nSPS) is 10.5. The quantitative estimate of drug-likeness (QED) is 0.610. The Hall–Kier alpha value is -3.08. The minimum atomic E-state index is 0.615. The van der Waals surface area contributed by atoms with Crippen LogP contribution in [0, 0.1) is 13.8 Å². The molecule has 0 saturated carbocycles. The van der Waals surface area contributed by atoms with Crippen LogP contribution >= 0.6 is 0 Å². The lowest BCUT2D eigenvalue weighted by molar-refractivity contribution is 0.342. The van der Waals surface area contributed by atoms with Gasteiger partial charge in [0.2, 0.25) is 0 Å². The monoisotopic (exact) mass is 362 g/mol. The van der Waals surface area contributed by atoms with Crippen molar-refractivity contribution in [1.29, 1.82) is 0 Å². The van der Waals surface area contributed by atoms with E-state index in [2.05, 4.69) is 58.3 Å². The SMILES string of the molecule is CCOc1ccccc1Nc1cc(N(CC)c2cccc(C)c2)nc(C)n1. The van der Waals surface area contributed by atoms with Gasteiger partial charge in [-0.1, -0.05) is 24.3 Å². The number of benzene rings is 2. The van der Waals surface area contributed by atoms with E-state index in [0.29, 0.717) is 6.61 Å². The van der Waals surface area contributed by atoms with Crippen molar-refractivity contribution in [2.75, 3.05) is 23.4 Å². The molecule has 0 saturated heterocycles. The third kappa shape index (κ3) is 4.56. The van der Waals surface area contributed by atoms with E-state index in [1.54, 1.807) is 0 Å². The maximum Gasteiger partial charge on any atom is 0.142 e. The Labute approximate surface area is 161 Å². The maximum atomic E-state index is 5.70. The molecule has 0 fully saturated rings. The lowest BCUT2D eigenvalue weighted by Gasteiger charge is -2.23. The van der Waals surface area contributed by atoms with Crippen molar-refractivity contribution in [3.63, 3.8) is 0 Å². The highest BCUT2D eigenvalue weighted by atomic mass is 16.5. The minimum absolute atomic E-state index is 0.615. The smallest absolute Gasteiger partial charge is 0.142 e. The third-order valence-electron chi connectivity index (χ3n) is 4.18. The number of hydrogen-bond donors (Lipinski definition) is 1. The predicted octanol–water partition coefficient (Wildman–Crippen LogP) is 5.39. The lowest BCUT2D eigenvalue weighted by Crippen LogP contribution is -2.18. The highest BCUT2D eigenvalue weighted by molar-refractivity contribution is 5.68. The van der Waals surface area contributed by atoms with Crippen LogP contribution in [-0.2, 0) is 0 Å². The molecule has 5 heteroatoms. The van der Waals surface area contributed by atoms with E-state index in [1.165, 1.54) is 5.56 Å². The fourth-order valence-corrected chi connectivity index (χ4v) is 3.02. The largest absolute Gasteiger partial charge is 0.492 e. The van der Waals surface area contributed by atoms with Gasteiger partial charge < -0.3 is 15.0 Å². The summed E-state index contributed by atoms with van der Waals surface area (Å²) >= 11 is 0. The van der Waals surface area contributed by atoms with Crippen LogP contribution in [0.2, 0.25) is 0 Å². The van der Waals surface area contributed by atoms with Crippen molar-refractivity contribution >= 4 is 23.0 Å². The van der Waals surface area contributed by atoms with Crippen LogP contribution in [0.4, 0.5) is 23.0 Å². The van der Waals surface area contributed by atoms with Gasteiger partial charge in [-0.3, -0.25) is 0 Å². The molecule has 0 atom stereocenters. The van der Waals surface area contributed by atoms with E-state index < -0.39 is 0 Å². The minimum Gasteiger partial charge on any atom is -0.492 e. The van der Waals surface area contributed by atoms with Crippen LogP contribution in [0.3, 0.4) is 0 Å². The number of ether oxygens (including phenoxy) is 1. The molecule has 1 N–H and O–H groups in total. The fourth-order valence-electron chi connectivity index (χ4n) is 3.02. The van der Waals surface area contributed by atoms with E-state index in [1.807, 2.05) is 44.2 Å². The molecule has 1 heterocycles. The summed E-state index contributed by atoms with van der Waals surface area (Å²) in [4.78, 5) is 11.4. The van der Waals surface area contributed by atoms with Crippen LogP contribution in [-0.4, -0.2) is 23.1 Å². The molecule has 3 aromatic rings. The zero-order valence-corrected chi connectivity index (χ0v) is 16.4. The number of anilines is 4. The zero-order valence-electron chi connectivity index (χ0n) is 16.4. The first-order valence-electron chi connectivity index (χ1n) is 9.29. The Morgan fingerprint density at radius 1 is 0.963 bits per heavy atom. The van der Waals surface area contributed by atoms with Crippen molar-refractivity contribution in [3.8, 4) is 5.75 Å². The molecule has 0 spiro atoms. The van der Waals surface area contributed by atoms with Gasteiger partial charge in [0.15, 0.2) is 0 Å². The van der Waals surface area contributed by atoms with Crippen molar-refractivity contribution in [2.24, 2.45) is 0 Å². The third-order valence-corrected chi connectivity index (χ3v) is 4.18. The number of nitrogens with zero attached hydrogens (tertiary/aromatic N) is 3. The number of aromatic nitrogens is 2. The molecule has 140 valence electrons. The van der Waals surface area contributed by atoms with Crippen LogP contribution in [0.5, 0.6) is 5.75 Å².